The van der Waals surface area contributed by atoms with Gasteiger partial charge >= 0.3 is 0 Å². The number of nitriles is 2. The summed E-state index contributed by atoms with van der Waals surface area (Å²) in [6.45, 7) is 1.31. The van der Waals surface area contributed by atoms with Crippen LogP contribution in [0.5, 0.6) is 17.2 Å². The monoisotopic (exact) mass is 832 g/mol. The van der Waals surface area contributed by atoms with Crippen molar-refractivity contribution in [3.8, 4) is 29.4 Å². The van der Waals surface area contributed by atoms with Crippen molar-refractivity contribution < 1.29 is 14.2 Å². The van der Waals surface area contributed by atoms with E-state index < -0.39 is 11.8 Å². The minimum Gasteiger partial charge on any atom is -0.497 e. The average molecular weight is 833 g/mol. The molecule has 4 heterocycles. The van der Waals surface area contributed by atoms with E-state index in [1.165, 1.54) is 22.7 Å². The average Bonchev–Trinajstić information content (AvgIpc) is 3.92. The van der Waals surface area contributed by atoms with Crippen LogP contribution in [0.1, 0.15) is 44.4 Å². The number of aromatic nitrogens is 6. The van der Waals surface area contributed by atoms with Gasteiger partial charge in [-0.1, -0.05) is 42.5 Å². The van der Waals surface area contributed by atoms with Crippen LogP contribution in [0.4, 0.5) is 11.9 Å². The molecule has 4 aromatic heterocycles. The Morgan fingerprint density at radius 1 is 0.567 bits per heavy atom. The number of anilines is 2. The molecule has 0 aliphatic rings. The van der Waals surface area contributed by atoms with Crippen LogP contribution in [-0.4, -0.2) is 64.3 Å². The largest absolute Gasteiger partial charge is 0.497 e. The standard InChI is InChI=1S/C23H21N5O2S.C22H19N5OS/c1-29-19-8-7-15(13-20(19)30-2)9-11-25-23-26-12-10-17(28-23)16(14-24)22-27-18-5-3-4-6-21(18)31-22;1-28-16-6-4-5-15(13-16)9-11-24-22-25-12-10-18(27-22)17(14-23)21-26-19-7-2-3-8-20(19)29-21/h3-8,10,12-13,16H,9,11H2,1-2H3,(H,25,26,28);2-8,10,12-13,17H,9,11H2,1H3,(H,24,25,27). The molecule has 60 heavy (non-hydrogen) atoms. The molecule has 2 unspecified atom stereocenters. The number of fused-ring (bicyclic) bond motifs is 2. The second-order valence-corrected chi connectivity index (χ2v) is 15.3. The summed E-state index contributed by atoms with van der Waals surface area (Å²) in [7, 11) is 4.90. The van der Waals surface area contributed by atoms with Gasteiger partial charge in [0.25, 0.3) is 0 Å². The second kappa shape index (κ2) is 20.0. The number of nitrogens with one attached hydrogen (secondary N) is 2. The lowest BCUT2D eigenvalue weighted by molar-refractivity contribution is 0.354. The van der Waals surface area contributed by atoms with Gasteiger partial charge in [0.05, 0.1) is 65.3 Å². The van der Waals surface area contributed by atoms with Crippen LogP contribution in [0.3, 0.4) is 0 Å². The van der Waals surface area contributed by atoms with Gasteiger partial charge < -0.3 is 24.8 Å². The fraction of sp³-hybridized carbons (Fsp3) is 0.200. The van der Waals surface area contributed by atoms with Crippen molar-refractivity contribution in [1.82, 2.24) is 29.9 Å². The Bertz CT molecular complexity index is 2710. The van der Waals surface area contributed by atoms with E-state index in [4.69, 9.17) is 14.2 Å². The van der Waals surface area contributed by atoms with Crippen LogP contribution in [0.25, 0.3) is 20.4 Å². The third kappa shape index (κ3) is 10.1. The van der Waals surface area contributed by atoms with E-state index in [-0.39, 0.29) is 0 Å². The molecule has 8 rings (SSSR count). The van der Waals surface area contributed by atoms with Crippen LogP contribution in [0.15, 0.2) is 116 Å². The van der Waals surface area contributed by atoms with Crippen molar-refractivity contribution in [2.45, 2.75) is 24.7 Å². The molecule has 0 aliphatic carbocycles. The predicted octanol–water partition coefficient (Wildman–Crippen LogP) is 8.82. The zero-order valence-electron chi connectivity index (χ0n) is 33.1. The summed E-state index contributed by atoms with van der Waals surface area (Å²) in [5.41, 5.74) is 5.34. The zero-order chi connectivity index (χ0) is 41.7. The van der Waals surface area contributed by atoms with E-state index >= 15 is 0 Å². The number of para-hydroxylation sites is 2. The fourth-order valence-electron chi connectivity index (χ4n) is 6.26. The molecule has 300 valence electrons. The molecule has 0 radical (unpaired) electrons. The van der Waals surface area contributed by atoms with E-state index in [0.29, 0.717) is 47.9 Å². The van der Waals surface area contributed by atoms with Gasteiger partial charge in [0.1, 0.15) is 27.6 Å². The molecule has 4 aromatic carbocycles. The van der Waals surface area contributed by atoms with Crippen molar-refractivity contribution in [3.05, 3.63) is 148 Å². The van der Waals surface area contributed by atoms with Crippen molar-refractivity contribution >= 4 is 55.0 Å². The summed E-state index contributed by atoms with van der Waals surface area (Å²) in [6.07, 6.45) is 4.91. The van der Waals surface area contributed by atoms with E-state index in [1.807, 2.05) is 84.9 Å². The molecule has 2 N–H and O–H groups in total. The topological polar surface area (TPSA) is 177 Å². The zero-order valence-corrected chi connectivity index (χ0v) is 34.7. The number of benzene rings is 4. The van der Waals surface area contributed by atoms with Gasteiger partial charge in [0.2, 0.25) is 11.9 Å². The lowest BCUT2D eigenvalue weighted by atomic mass is 10.1. The van der Waals surface area contributed by atoms with Crippen molar-refractivity contribution in [3.63, 3.8) is 0 Å². The van der Waals surface area contributed by atoms with Gasteiger partial charge in [-0.3, -0.25) is 0 Å². The highest BCUT2D eigenvalue weighted by atomic mass is 32.1. The summed E-state index contributed by atoms with van der Waals surface area (Å²) in [5.74, 6) is 2.18. The Kier molecular flexibility index (Phi) is 13.6. The molecule has 0 saturated carbocycles. The van der Waals surface area contributed by atoms with Gasteiger partial charge in [0.15, 0.2) is 11.5 Å². The Labute approximate surface area is 355 Å². The van der Waals surface area contributed by atoms with Crippen LogP contribution < -0.4 is 24.8 Å². The minimum absolute atomic E-state index is 0.485. The first-order chi connectivity index (χ1) is 29.5. The number of hydrogen-bond acceptors (Lipinski definition) is 15. The molecule has 15 heteroatoms. The molecule has 0 amide bonds. The van der Waals surface area contributed by atoms with Gasteiger partial charge in [-0.05, 0) is 84.6 Å². The SMILES string of the molecule is COc1ccc(CCNc2nccc(C(C#N)c3nc4ccccc4s3)n2)cc1OC.COc1cccc(CCNc2nccc(C(C#N)c3nc4ccccc4s3)n2)c1. The first-order valence-electron chi connectivity index (χ1n) is 19.0. The first kappa shape index (κ1) is 41.0. The third-order valence-electron chi connectivity index (χ3n) is 9.29. The molecule has 2 atom stereocenters. The first-order valence-corrected chi connectivity index (χ1v) is 20.6. The molecule has 8 aromatic rings. The van der Waals surface area contributed by atoms with Gasteiger partial charge in [-0.15, -0.1) is 22.7 Å². The van der Waals surface area contributed by atoms with E-state index in [2.05, 4.69) is 58.7 Å². The van der Waals surface area contributed by atoms with Crippen LogP contribution in [0, 0.1) is 22.7 Å². The minimum atomic E-state index is -0.535. The van der Waals surface area contributed by atoms with E-state index in [1.54, 1.807) is 45.9 Å². The highest BCUT2D eigenvalue weighted by Gasteiger charge is 2.21. The normalized spacial score (nSPS) is 11.7. The van der Waals surface area contributed by atoms with Crippen molar-refractivity contribution in [2.24, 2.45) is 0 Å². The van der Waals surface area contributed by atoms with Crippen LogP contribution in [-0.2, 0) is 12.8 Å². The number of thiazole rings is 2. The van der Waals surface area contributed by atoms with Crippen molar-refractivity contribution in [2.75, 3.05) is 45.1 Å². The number of methoxy groups -OCH3 is 3. The predicted molar refractivity (Wildman–Crippen MR) is 235 cm³/mol. The summed E-state index contributed by atoms with van der Waals surface area (Å²) in [6, 6.07) is 37.8. The van der Waals surface area contributed by atoms with Crippen LogP contribution in [0.2, 0.25) is 0 Å². The van der Waals surface area contributed by atoms with Gasteiger partial charge in [-0.2, -0.15) is 10.5 Å². The summed E-state index contributed by atoms with van der Waals surface area (Å²) >= 11 is 3.04. The van der Waals surface area contributed by atoms with E-state index in [0.717, 1.165) is 60.2 Å². The maximum atomic E-state index is 9.78. The highest BCUT2D eigenvalue weighted by molar-refractivity contribution is 7.19. The Morgan fingerprint density at radius 3 is 1.60 bits per heavy atom. The second-order valence-electron chi connectivity index (χ2n) is 13.2. The Balaban J connectivity index is 0.000000182. The molecule has 0 saturated heterocycles. The lowest BCUT2D eigenvalue weighted by Gasteiger charge is -2.11. The maximum absolute atomic E-state index is 9.78. The molecular weight excluding hydrogens is 793 g/mol. The summed E-state index contributed by atoms with van der Waals surface area (Å²) < 4.78 is 18.0. The molecule has 0 aliphatic heterocycles. The Morgan fingerprint density at radius 2 is 1.10 bits per heavy atom. The lowest BCUT2D eigenvalue weighted by Crippen LogP contribution is -2.10. The molecule has 0 spiro atoms. The number of rotatable bonds is 15. The smallest absolute Gasteiger partial charge is 0.222 e. The number of nitrogens with zero attached hydrogens (tertiary/aromatic N) is 8. The highest BCUT2D eigenvalue weighted by Crippen LogP contribution is 2.32. The van der Waals surface area contributed by atoms with Crippen LogP contribution >= 0.6 is 22.7 Å². The van der Waals surface area contributed by atoms with Gasteiger partial charge in [0, 0.05) is 25.5 Å². The fourth-order valence-corrected chi connectivity index (χ4v) is 8.31. The molecule has 0 bridgehead atoms. The molecule has 0 fully saturated rings. The summed E-state index contributed by atoms with van der Waals surface area (Å²) in [4.78, 5) is 26.9. The number of hydrogen-bond donors (Lipinski definition) is 2. The quantitative estimate of drug-likeness (QED) is 0.100. The molecule has 13 nitrogen and oxygen atoms in total. The Hall–Kier alpha value is -7.20. The summed E-state index contributed by atoms with van der Waals surface area (Å²) in [5, 5.41) is 27.5. The van der Waals surface area contributed by atoms with E-state index in [9.17, 15) is 10.5 Å². The van der Waals surface area contributed by atoms with Gasteiger partial charge in [-0.25, -0.2) is 29.9 Å². The maximum Gasteiger partial charge on any atom is 0.222 e. The van der Waals surface area contributed by atoms with Crippen molar-refractivity contribution in [1.29, 1.82) is 10.5 Å². The number of ether oxygens (including phenoxy) is 3. The molecular formula is C45H40N10O3S2. The third-order valence-corrected chi connectivity index (χ3v) is 11.5.